The van der Waals surface area contributed by atoms with Crippen LogP contribution in [0.4, 0.5) is 0 Å². The molecule has 0 aromatic carbocycles. The Morgan fingerprint density at radius 3 is 1.44 bits per heavy atom. The topological polar surface area (TPSA) is 20.2 Å². The third-order valence-electron chi connectivity index (χ3n) is 1.23. The van der Waals surface area contributed by atoms with Gasteiger partial charge in [0.15, 0.2) is 0 Å². The van der Waals surface area contributed by atoms with Gasteiger partial charge in [0.05, 0.1) is 0 Å². The summed E-state index contributed by atoms with van der Waals surface area (Å²) in [5, 5.41) is 9.03. The maximum atomic E-state index is 9.38. The standard InChI is InChI=1S/C5H12OS3/c1-3(7)5(6,9)4(2)8/h3-4,6-9H,1-2H3. The van der Waals surface area contributed by atoms with Crippen molar-refractivity contribution >= 4 is 37.9 Å². The Bertz CT molecular complexity index is 80.2. The van der Waals surface area contributed by atoms with Crippen LogP contribution in [0, 0.1) is 0 Å². The maximum Gasteiger partial charge on any atom is 0.130 e. The van der Waals surface area contributed by atoms with Crippen molar-refractivity contribution in [2.45, 2.75) is 29.3 Å². The Morgan fingerprint density at radius 2 is 1.44 bits per heavy atom. The SMILES string of the molecule is CC(S)C(O)(S)C(C)S. The van der Waals surface area contributed by atoms with Crippen LogP contribution < -0.4 is 0 Å². The highest BCUT2D eigenvalue weighted by Crippen LogP contribution is 2.27. The molecular weight excluding hydrogens is 172 g/mol. The summed E-state index contributed by atoms with van der Waals surface area (Å²) in [6.07, 6.45) is 0. The fraction of sp³-hybridized carbons (Fsp3) is 1.00. The fourth-order valence-corrected chi connectivity index (χ4v) is 0.914. The third-order valence-corrected chi connectivity index (χ3v) is 3.20. The quantitative estimate of drug-likeness (QED) is 0.376. The van der Waals surface area contributed by atoms with E-state index in [1.807, 2.05) is 0 Å². The lowest BCUT2D eigenvalue weighted by molar-refractivity contribution is 0.144. The molecule has 1 N–H and O–H groups in total. The Morgan fingerprint density at radius 1 is 1.22 bits per heavy atom. The minimum atomic E-state index is -1.08. The second-order valence-electron chi connectivity index (χ2n) is 2.14. The highest BCUT2D eigenvalue weighted by Gasteiger charge is 2.31. The van der Waals surface area contributed by atoms with Crippen molar-refractivity contribution in [1.82, 2.24) is 0 Å². The molecule has 56 valence electrons. The molecule has 1 nitrogen and oxygen atoms in total. The van der Waals surface area contributed by atoms with Gasteiger partial charge in [0.2, 0.25) is 0 Å². The Labute approximate surface area is 72.5 Å². The molecule has 2 unspecified atom stereocenters. The van der Waals surface area contributed by atoms with Crippen molar-refractivity contribution in [2.24, 2.45) is 0 Å². The molecule has 2 atom stereocenters. The Balaban J connectivity index is 4.01. The van der Waals surface area contributed by atoms with Crippen LogP contribution in [-0.4, -0.2) is 20.5 Å². The minimum absolute atomic E-state index is 0.173. The molecule has 0 aromatic heterocycles. The molecule has 0 heterocycles. The lowest BCUT2D eigenvalue weighted by atomic mass is 10.2. The van der Waals surface area contributed by atoms with E-state index in [4.69, 9.17) is 0 Å². The summed E-state index contributed by atoms with van der Waals surface area (Å²) >= 11 is 12.1. The first-order valence-electron chi connectivity index (χ1n) is 2.70. The van der Waals surface area contributed by atoms with Gasteiger partial charge in [0.25, 0.3) is 0 Å². The predicted molar refractivity (Wildman–Crippen MR) is 50.8 cm³/mol. The van der Waals surface area contributed by atoms with Crippen LogP contribution in [0.2, 0.25) is 0 Å². The van der Waals surface area contributed by atoms with Gasteiger partial charge >= 0.3 is 0 Å². The van der Waals surface area contributed by atoms with E-state index in [9.17, 15) is 5.11 Å². The van der Waals surface area contributed by atoms with E-state index in [-0.39, 0.29) is 10.5 Å². The largest absolute Gasteiger partial charge is 0.377 e. The second-order valence-corrected chi connectivity index (χ2v) is 4.40. The molecule has 0 spiro atoms. The van der Waals surface area contributed by atoms with Crippen molar-refractivity contribution in [2.75, 3.05) is 0 Å². The number of aliphatic hydroxyl groups is 1. The first-order valence-corrected chi connectivity index (χ1v) is 4.18. The molecule has 0 saturated heterocycles. The monoisotopic (exact) mass is 184 g/mol. The van der Waals surface area contributed by atoms with Crippen LogP contribution in [0.3, 0.4) is 0 Å². The molecule has 0 aromatic rings. The molecular formula is C5H12OS3. The summed E-state index contributed by atoms with van der Waals surface area (Å²) in [6, 6.07) is 0. The smallest absolute Gasteiger partial charge is 0.130 e. The number of hydrogen-bond acceptors (Lipinski definition) is 4. The first-order chi connectivity index (χ1) is 3.89. The van der Waals surface area contributed by atoms with Gasteiger partial charge in [-0.2, -0.15) is 25.3 Å². The molecule has 0 bridgehead atoms. The van der Waals surface area contributed by atoms with E-state index in [2.05, 4.69) is 37.9 Å². The molecule has 0 aliphatic heterocycles. The highest BCUT2D eigenvalue weighted by molar-refractivity contribution is 7.87. The van der Waals surface area contributed by atoms with Crippen LogP contribution in [0.15, 0.2) is 0 Å². The van der Waals surface area contributed by atoms with Crippen molar-refractivity contribution in [3.63, 3.8) is 0 Å². The van der Waals surface area contributed by atoms with Crippen LogP contribution in [0.5, 0.6) is 0 Å². The van der Waals surface area contributed by atoms with Crippen molar-refractivity contribution in [3.05, 3.63) is 0 Å². The molecule has 0 amide bonds. The summed E-state index contributed by atoms with van der Waals surface area (Å²) in [6.45, 7) is 3.56. The molecule has 0 aliphatic carbocycles. The summed E-state index contributed by atoms with van der Waals surface area (Å²) in [4.78, 5) is -1.08. The highest BCUT2D eigenvalue weighted by atomic mass is 32.1. The fourth-order valence-electron chi connectivity index (χ4n) is 0.349. The summed E-state index contributed by atoms with van der Waals surface area (Å²) in [5.41, 5.74) is 0. The third kappa shape index (κ3) is 2.62. The lowest BCUT2D eigenvalue weighted by Gasteiger charge is -2.28. The molecule has 0 rings (SSSR count). The van der Waals surface area contributed by atoms with E-state index < -0.39 is 4.93 Å². The van der Waals surface area contributed by atoms with Gasteiger partial charge < -0.3 is 5.11 Å². The molecule has 0 aliphatic rings. The first kappa shape index (κ1) is 10.0. The average Bonchev–Trinajstić information content (AvgIpc) is 1.65. The maximum absolute atomic E-state index is 9.38. The second kappa shape index (κ2) is 3.42. The van der Waals surface area contributed by atoms with Gasteiger partial charge in [-0.3, -0.25) is 0 Å². The van der Waals surface area contributed by atoms with Crippen LogP contribution >= 0.6 is 37.9 Å². The van der Waals surface area contributed by atoms with Crippen LogP contribution in [-0.2, 0) is 0 Å². The number of thiol groups is 3. The molecule has 9 heavy (non-hydrogen) atoms. The average molecular weight is 184 g/mol. The van der Waals surface area contributed by atoms with Gasteiger partial charge in [-0.25, -0.2) is 0 Å². The Kier molecular flexibility index (Phi) is 3.80. The van der Waals surface area contributed by atoms with Crippen molar-refractivity contribution < 1.29 is 5.11 Å². The van der Waals surface area contributed by atoms with Gasteiger partial charge in [0.1, 0.15) is 4.93 Å². The molecule has 0 radical (unpaired) electrons. The number of rotatable bonds is 2. The molecule has 4 heteroatoms. The predicted octanol–water partition coefficient (Wildman–Crippen LogP) is 1.24. The normalized spacial score (nSPS) is 24.7. The van der Waals surface area contributed by atoms with E-state index in [0.29, 0.717) is 0 Å². The summed E-state index contributed by atoms with van der Waals surface area (Å²) < 4.78 is 0. The Hall–Kier alpha value is 1.01. The van der Waals surface area contributed by atoms with Crippen molar-refractivity contribution in [1.29, 1.82) is 0 Å². The van der Waals surface area contributed by atoms with E-state index in [1.54, 1.807) is 13.8 Å². The zero-order valence-corrected chi connectivity index (χ0v) is 8.13. The van der Waals surface area contributed by atoms with Gasteiger partial charge in [-0.15, -0.1) is 12.6 Å². The summed E-state index contributed by atoms with van der Waals surface area (Å²) in [7, 11) is 0. The van der Waals surface area contributed by atoms with Crippen LogP contribution in [0.1, 0.15) is 13.8 Å². The molecule has 0 saturated carbocycles. The zero-order valence-electron chi connectivity index (χ0n) is 5.44. The van der Waals surface area contributed by atoms with Gasteiger partial charge in [-0.05, 0) is 13.8 Å². The minimum Gasteiger partial charge on any atom is -0.377 e. The summed E-state index contributed by atoms with van der Waals surface area (Å²) in [5.74, 6) is 0. The van der Waals surface area contributed by atoms with E-state index >= 15 is 0 Å². The zero-order chi connectivity index (χ0) is 7.65. The lowest BCUT2D eigenvalue weighted by Crippen LogP contribution is -2.38. The molecule has 0 fully saturated rings. The van der Waals surface area contributed by atoms with Gasteiger partial charge in [-0.1, -0.05) is 0 Å². The van der Waals surface area contributed by atoms with Crippen molar-refractivity contribution in [3.8, 4) is 0 Å². The number of hydrogen-bond donors (Lipinski definition) is 4. The van der Waals surface area contributed by atoms with Crippen LogP contribution in [0.25, 0.3) is 0 Å². The van der Waals surface area contributed by atoms with Gasteiger partial charge in [0, 0.05) is 10.5 Å². The van der Waals surface area contributed by atoms with E-state index in [0.717, 1.165) is 0 Å². The van der Waals surface area contributed by atoms with E-state index in [1.165, 1.54) is 0 Å².